The highest BCUT2D eigenvalue weighted by atomic mass is 19.4. The van der Waals surface area contributed by atoms with Gasteiger partial charge in [-0.25, -0.2) is 4.99 Å². The van der Waals surface area contributed by atoms with Gasteiger partial charge >= 0.3 is 6.18 Å². The first-order chi connectivity index (χ1) is 13.9. The van der Waals surface area contributed by atoms with Crippen LogP contribution in [0.1, 0.15) is 22.6 Å². The molecule has 0 bridgehead atoms. The van der Waals surface area contributed by atoms with Gasteiger partial charge in [0, 0.05) is 26.2 Å². The topological polar surface area (TPSA) is 67.4 Å². The monoisotopic (exact) mass is 405 g/mol. The van der Waals surface area contributed by atoms with Crippen LogP contribution in [0.3, 0.4) is 0 Å². The Bertz CT molecular complexity index is 932. The molecule has 2 heterocycles. The minimum Gasteiger partial charge on any atom is -0.469 e. The Morgan fingerprint density at radius 1 is 1.17 bits per heavy atom. The molecular formula is C20H22F3N5O. The van der Waals surface area contributed by atoms with Crippen LogP contribution in [-0.2, 0) is 32.7 Å². The third kappa shape index (κ3) is 6.13. The molecule has 0 saturated heterocycles. The summed E-state index contributed by atoms with van der Waals surface area (Å²) in [4.78, 5) is 4.43. The Morgan fingerprint density at radius 2 is 2.03 bits per heavy atom. The van der Waals surface area contributed by atoms with E-state index in [4.69, 9.17) is 4.42 Å². The SMILES string of the molecule is Cn1nccc1CNC(=NCc1cccc(C(F)(F)F)c1)NCCc1ccco1. The molecule has 6 nitrogen and oxygen atoms in total. The minimum atomic E-state index is -4.37. The van der Waals surface area contributed by atoms with Gasteiger partial charge in [0.1, 0.15) is 5.76 Å². The van der Waals surface area contributed by atoms with E-state index in [-0.39, 0.29) is 6.54 Å². The quantitative estimate of drug-likeness (QED) is 0.466. The van der Waals surface area contributed by atoms with E-state index in [2.05, 4.69) is 20.7 Å². The van der Waals surface area contributed by atoms with Gasteiger partial charge in [0.25, 0.3) is 0 Å². The second-order valence-electron chi connectivity index (χ2n) is 6.42. The van der Waals surface area contributed by atoms with E-state index in [0.29, 0.717) is 31.0 Å². The molecule has 3 aromatic rings. The fourth-order valence-corrected chi connectivity index (χ4v) is 2.70. The largest absolute Gasteiger partial charge is 0.469 e. The van der Waals surface area contributed by atoms with Gasteiger partial charge in [-0.05, 0) is 35.9 Å². The van der Waals surface area contributed by atoms with Crippen molar-refractivity contribution >= 4 is 5.96 Å². The number of hydrogen-bond donors (Lipinski definition) is 2. The molecule has 3 rings (SSSR count). The molecule has 154 valence electrons. The van der Waals surface area contributed by atoms with Crippen molar-refractivity contribution in [2.24, 2.45) is 12.0 Å². The lowest BCUT2D eigenvalue weighted by molar-refractivity contribution is -0.137. The number of furan rings is 1. The molecule has 0 radical (unpaired) electrons. The van der Waals surface area contributed by atoms with E-state index in [1.54, 1.807) is 23.2 Å². The molecule has 0 aliphatic carbocycles. The molecule has 0 amide bonds. The Hall–Kier alpha value is -3.23. The summed E-state index contributed by atoms with van der Waals surface area (Å²) < 4.78 is 45.8. The molecule has 0 fully saturated rings. The standard InChI is InChI=1S/C20H22F3N5O/c1-28-17(7-10-27-28)14-26-19(24-9-8-18-6-3-11-29-18)25-13-15-4-2-5-16(12-15)20(21,22)23/h2-7,10-12H,8-9,13-14H2,1H3,(H2,24,25,26). The molecule has 29 heavy (non-hydrogen) atoms. The summed E-state index contributed by atoms with van der Waals surface area (Å²) in [6.45, 7) is 1.16. The molecule has 0 atom stereocenters. The van der Waals surface area contributed by atoms with Crippen LogP contribution in [0, 0.1) is 0 Å². The first kappa shape index (κ1) is 20.5. The lowest BCUT2D eigenvalue weighted by atomic mass is 10.1. The van der Waals surface area contributed by atoms with Crippen molar-refractivity contribution in [1.82, 2.24) is 20.4 Å². The molecule has 2 aromatic heterocycles. The van der Waals surface area contributed by atoms with Gasteiger partial charge in [-0.3, -0.25) is 4.68 Å². The Morgan fingerprint density at radius 3 is 2.72 bits per heavy atom. The van der Waals surface area contributed by atoms with Gasteiger partial charge in [-0.2, -0.15) is 18.3 Å². The van der Waals surface area contributed by atoms with Gasteiger partial charge in [0.15, 0.2) is 5.96 Å². The normalized spacial score (nSPS) is 12.2. The fourth-order valence-electron chi connectivity index (χ4n) is 2.70. The lowest BCUT2D eigenvalue weighted by Gasteiger charge is -2.13. The summed E-state index contributed by atoms with van der Waals surface area (Å²) in [7, 11) is 1.83. The van der Waals surface area contributed by atoms with Crippen molar-refractivity contribution in [3.63, 3.8) is 0 Å². The summed E-state index contributed by atoms with van der Waals surface area (Å²) in [6.07, 6.45) is -0.413. The van der Waals surface area contributed by atoms with Crippen molar-refractivity contribution in [2.45, 2.75) is 25.7 Å². The van der Waals surface area contributed by atoms with Crippen LogP contribution in [0.2, 0.25) is 0 Å². The van der Waals surface area contributed by atoms with Gasteiger partial charge in [0.2, 0.25) is 0 Å². The van der Waals surface area contributed by atoms with E-state index < -0.39 is 11.7 Å². The number of nitrogens with one attached hydrogen (secondary N) is 2. The number of guanidine groups is 1. The zero-order valence-electron chi connectivity index (χ0n) is 15.9. The number of aromatic nitrogens is 2. The molecular weight excluding hydrogens is 383 g/mol. The summed E-state index contributed by atoms with van der Waals surface area (Å²) in [5.74, 6) is 1.33. The zero-order chi connectivity index (χ0) is 20.7. The number of aliphatic imine (C=N–C) groups is 1. The van der Waals surface area contributed by atoms with E-state index >= 15 is 0 Å². The van der Waals surface area contributed by atoms with Gasteiger partial charge in [-0.1, -0.05) is 12.1 Å². The molecule has 0 saturated carbocycles. The summed E-state index contributed by atoms with van der Waals surface area (Å²) in [5, 5.41) is 10.5. The molecule has 0 unspecified atom stereocenters. The predicted molar refractivity (Wildman–Crippen MR) is 103 cm³/mol. The Labute approximate surface area is 166 Å². The van der Waals surface area contributed by atoms with Crippen molar-refractivity contribution in [3.8, 4) is 0 Å². The van der Waals surface area contributed by atoms with Crippen LogP contribution >= 0.6 is 0 Å². The number of alkyl halides is 3. The highest BCUT2D eigenvalue weighted by molar-refractivity contribution is 5.79. The second-order valence-corrected chi connectivity index (χ2v) is 6.42. The van der Waals surface area contributed by atoms with Crippen LogP contribution in [-0.4, -0.2) is 22.3 Å². The van der Waals surface area contributed by atoms with E-state index in [1.807, 2.05) is 25.2 Å². The number of halogens is 3. The lowest BCUT2D eigenvalue weighted by Crippen LogP contribution is -2.38. The van der Waals surface area contributed by atoms with Crippen molar-refractivity contribution < 1.29 is 17.6 Å². The maximum absolute atomic E-state index is 12.9. The van der Waals surface area contributed by atoms with Crippen LogP contribution in [0.4, 0.5) is 13.2 Å². The number of hydrogen-bond acceptors (Lipinski definition) is 3. The zero-order valence-corrected chi connectivity index (χ0v) is 15.9. The molecule has 0 spiro atoms. The van der Waals surface area contributed by atoms with Crippen LogP contribution in [0.15, 0.2) is 64.3 Å². The number of benzene rings is 1. The molecule has 9 heteroatoms. The van der Waals surface area contributed by atoms with E-state index in [9.17, 15) is 13.2 Å². The van der Waals surface area contributed by atoms with E-state index in [0.717, 1.165) is 23.6 Å². The predicted octanol–water partition coefficient (Wildman–Crippen LogP) is 3.51. The smallest absolute Gasteiger partial charge is 0.416 e. The average Bonchev–Trinajstić information content (AvgIpc) is 3.35. The summed E-state index contributed by atoms with van der Waals surface area (Å²) in [6, 6.07) is 10.8. The Kier molecular flexibility index (Phi) is 6.58. The van der Waals surface area contributed by atoms with Gasteiger partial charge in [-0.15, -0.1) is 0 Å². The Balaban J connectivity index is 1.66. The highest BCUT2D eigenvalue weighted by Gasteiger charge is 2.30. The fraction of sp³-hybridized carbons (Fsp3) is 0.300. The minimum absolute atomic E-state index is 0.116. The molecule has 0 aliphatic rings. The van der Waals surface area contributed by atoms with Gasteiger partial charge in [0.05, 0.1) is 30.6 Å². The summed E-state index contributed by atoms with van der Waals surface area (Å²) in [5.41, 5.74) is 0.748. The van der Waals surface area contributed by atoms with Crippen LogP contribution in [0.5, 0.6) is 0 Å². The molecule has 2 N–H and O–H groups in total. The summed E-state index contributed by atoms with van der Waals surface area (Å²) >= 11 is 0. The van der Waals surface area contributed by atoms with Crippen LogP contribution < -0.4 is 10.6 Å². The third-order valence-corrected chi connectivity index (χ3v) is 4.28. The van der Waals surface area contributed by atoms with Crippen molar-refractivity contribution in [3.05, 3.63) is 77.5 Å². The second kappa shape index (κ2) is 9.31. The number of rotatable bonds is 7. The van der Waals surface area contributed by atoms with Gasteiger partial charge < -0.3 is 15.1 Å². The number of aryl methyl sites for hydroxylation is 1. The number of nitrogens with zero attached hydrogens (tertiary/aromatic N) is 3. The van der Waals surface area contributed by atoms with Crippen LogP contribution in [0.25, 0.3) is 0 Å². The maximum Gasteiger partial charge on any atom is 0.416 e. The maximum atomic E-state index is 12.9. The van der Waals surface area contributed by atoms with E-state index in [1.165, 1.54) is 6.07 Å². The first-order valence-corrected chi connectivity index (χ1v) is 9.09. The third-order valence-electron chi connectivity index (χ3n) is 4.28. The molecule has 0 aliphatic heterocycles. The first-order valence-electron chi connectivity index (χ1n) is 9.09. The highest BCUT2D eigenvalue weighted by Crippen LogP contribution is 2.29. The average molecular weight is 405 g/mol. The van der Waals surface area contributed by atoms with Crippen molar-refractivity contribution in [2.75, 3.05) is 6.54 Å². The molecule has 1 aromatic carbocycles. The van der Waals surface area contributed by atoms with Crippen molar-refractivity contribution in [1.29, 1.82) is 0 Å².